The number of carboxylic acid groups (broad SMARTS) is 1. The number of nitrogens with zero attached hydrogens (tertiary/aromatic N) is 2. The molecule has 2 amide bonds. The highest BCUT2D eigenvalue weighted by molar-refractivity contribution is 5.85. The van der Waals surface area contributed by atoms with Gasteiger partial charge >= 0.3 is 5.97 Å². The first kappa shape index (κ1) is 15.0. The van der Waals surface area contributed by atoms with E-state index in [1.165, 1.54) is 16.7 Å². The Labute approximate surface area is 123 Å². The van der Waals surface area contributed by atoms with E-state index in [4.69, 9.17) is 0 Å². The van der Waals surface area contributed by atoms with Gasteiger partial charge in [-0.15, -0.1) is 0 Å². The molecule has 1 aromatic carbocycles. The molecule has 1 N–H and O–H groups in total. The molecular weight excluding hydrogens is 272 g/mol. The molecule has 2 rings (SSSR count). The second-order valence-corrected chi connectivity index (χ2v) is 5.24. The number of hydrogen-bond donors (Lipinski definition) is 1. The smallest absolute Gasteiger partial charge is 0.312 e. The second kappa shape index (κ2) is 5.95. The normalized spacial score (nSPS) is 17.0. The van der Waals surface area contributed by atoms with Gasteiger partial charge in [-0.05, 0) is 11.1 Å². The summed E-state index contributed by atoms with van der Waals surface area (Å²) in [5.74, 6) is -2.11. The van der Waals surface area contributed by atoms with Gasteiger partial charge in [0.2, 0.25) is 11.8 Å². The van der Waals surface area contributed by atoms with Crippen LogP contribution in [0.1, 0.15) is 24.0 Å². The molecule has 6 heteroatoms. The molecule has 6 nitrogen and oxygen atoms in total. The summed E-state index contributed by atoms with van der Waals surface area (Å²) in [7, 11) is 1.55. The van der Waals surface area contributed by atoms with Crippen LogP contribution in [0.25, 0.3) is 0 Å². The van der Waals surface area contributed by atoms with Gasteiger partial charge in [0.05, 0.1) is 12.5 Å². The van der Waals surface area contributed by atoms with E-state index in [9.17, 15) is 19.5 Å². The summed E-state index contributed by atoms with van der Waals surface area (Å²) in [6, 6.07) is 7.25. The molecule has 1 atom stereocenters. The summed E-state index contributed by atoms with van der Waals surface area (Å²) < 4.78 is 0. The molecule has 0 saturated heterocycles. The standard InChI is InChI=1S/C15H18N2O4/c1-10(18)16(2)9-14(19)17-7-11-5-3-4-6-12(11)13(8-17)15(20)21/h3-6,13H,7-9H2,1-2H3,(H,20,21)/t13-/m0/s1. The third-order valence-electron chi connectivity index (χ3n) is 3.76. The van der Waals surface area contributed by atoms with Crippen LogP contribution >= 0.6 is 0 Å². The summed E-state index contributed by atoms with van der Waals surface area (Å²) >= 11 is 0. The molecule has 1 heterocycles. The zero-order valence-corrected chi connectivity index (χ0v) is 12.1. The molecule has 0 fully saturated rings. The Morgan fingerprint density at radius 3 is 2.62 bits per heavy atom. The van der Waals surface area contributed by atoms with Crippen molar-refractivity contribution >= 4 is 17.8 Å². The Hall–Kier alpha value is -2.37. The Morgan fingerprint density at radius 2 is 2.00 bits per heavy atom. The van der Waals surface area contributed by atoms with Crippen molar-refractivity contribution in [2.75, 3.05) is 20.1 Å². The second-order valence-electron chi connectivity index (χ2n) is 5.24. The van der Waals surface area contributed by atoms with Crippen LogP contribution in [-0.4, -0.2) is 52.8 Å². The number of fused-ring (bicyclic) bond motifs is 1. The number of amides is 2. The SMILES string of the molecule is CC(=O)N(C)CC(=O)N1Cc2ccccc2[C@@H](C(=O)O)C1. The van der Waals surface area contributed by atoms with E-state index < -0.39 is 11.9 Å². The quantitative estimate of drug-likeness (QED) is 0.887. The highest BCUT2D eigenvalue weighted by Crippen LogP contribution is 2.28. The summed E-state index contributed by atoms with van der Waals surface area (Å²) in [5, 5.41) is 9.35. The van der Waals surface area contributed by atoms with Gasteiger partial charge in [-0.1, -0.05) is 24.3 Å². The number of carboxylic acids is 1. The van der Waals surface area contributed by atoms with Crippen LogP contribution < -0.4 is 0 Å². The van der Waals surface area contributed by atoms with E-state index in [2.05, 4.69) is 0 Å². The lowest BCUT2D eigenvalue weighted by Gasteiger charge is -2.33. The predicted molar refractivity (Wildman–Crippen MR) is 75.5 cm³/mol. The average molecular weight is 290 g/mol. The average Bonchev–Trinajstić information content (AvgIpc) is 2.45. The summed E-state index contributed by atoms with van der Waals surface area (Å²) in [6.07, 6.45) is 0. The minimum Gasteiger partial charge on any atom is -0.481 e. The summed E-state index contributed by atoms with van der Waals surface area (Å²) in [6.45, 7) is 1.87. The van der Waals surface area contributed by atoms with Crippen LogP contribution in [0.15, 0.2) is 24.3 Å². The van der Waals surface area contributed by atoms with Crippen LogP contribution in [-0.2, 0) is 20.9 Å². The maximum absolute atomic E-state index is 12.2. The Morgan fingerprint density at radius 1 is 1.33 bits per heavy atom. The van der Waals surface area contributed by atoms with Crippen LogP contribution in [0.3, 0.4) is 0 Å². The van der Waals surface area contributed by atoms with E-state index in [1.807, 2.05) is 12.1 Å². The molecule has 0 aliphatic carbocycles. The van der Waals surface area contributed by atoms with Crippen LogP contribution in [0, 0.1) is 0 Å². The van der Waals surface area contributed by atoms with E-state index in [1.54, 1.807) is 19.2 Å². The van der Waals surface area contributed by atoms with Gasteiger partial charge in [-0.2, -0.15) is 0 Å². The predicted octanol–water partition coefficient (Wildman–Crippen LogP) is 0.675. The number of benzene rings is 1. The zero-order chi connectivity index (χ0) is 15.6. The van der Waals surface area contributed by atoms with Gasteiger partial charge < -0.3 is 14.9 Å². The minimum absolute atomic E-state index is 0.0379. The Balaban J connectivity index is 2.19. The zero-order valence-electron chi connectivity index (χ0n) is 12.1. The van der Waals surface area contributed by atoms with Crippen LogP contribution in [0.2, 0.25) is 0 Å². The number of carbonyl (C=O) groups is 3. The van der Waals surface area contributed by atoms with Crippen molar-refractivity contribution in [1.29, 1.82) is 0 Å². The highest BCUT2D eigenvalue weighted by Gasteiger charge is 2.32. The molecule has 21 heavy (non-hydrogen) atoms. The van der Waals surface area contributed by atoms with E-state index >= 15 is 0 Å². The first-order valence-corrected chi connectivity index (χ1v) is 6.70. The molecule has 0 unspecified atom stereocenters. The van der Waals surface area contributed by atoms with Gasteiger partial charge in [-0.25, -0.2) is 0 Å². The minimum atomic E-state index is -0.945. The maximum Gasteiger partial charge on any atom is 0.312 e. The van der Waals surface area contributed by atoms with Gasteiger partial charge in [0.25, 0.3) is 0 Å². The fraction of sp³-hybridized carbons (Fsp3) is 0.400. The molecular formula is C15H18N2O4. The number of rotatable bonds is 3. The molecule has 1 aliphatic rings. The fourth-order valence-corrected chi connectivity index (χ4v) is 2.42. The van der Waals surface area contributed by atoms with Crippen molar-refractivity contribution in [1.82, 2.24) is 9.80 Å². The molecule has 0 spiro atoms. The Kier molecular flexibility index (Phi) is 4.26. The van der Waals surface area contributed by atoms with Crippen molar-refractivity contribution in [3.8, 4) is 0 Å². The molecule has 1 aliphatic heterocycles. The van der Waals surface area contributed by atoms with E-state index in [0.717, 1.165) is 11.1 Å². The van der Waals surface area contributed by atoms with Crippen molar-refractivity contribution < 1.29 is 19.5 Å². The number of aliphatic carboxylic acids is 1. The molecule has 0 radical (unpaired) electrons. The fourth-order valence-electron chi connectivity index (χ4n) is 2.42. The van der Waals surface area contributed by atoms with Gasteiger partial charge in [0.15, 0.2) is 0 Å². The number of likely N-dealkylation sites (N-methyl/N-ethyl adjacent to an activating group) is 1. The Bertz CT molecular complexity index is 585. The monoisotopic (exact) mass is 290 g/mol. The van der Waals surface area contributed by atoms with Gasteiger partial charge in [-0.3, -0.25) is 14.4 Å². The number of carbonyl (C=O) groups excluding carboxylic acids is 2. The van der Waals surface area contributed by atoms with Gasteiger partial charge in [0, 0.05) is 27.1 Å². The lowest BCUT2D eigenvalue weighted by Crippen LogP contribution is -2.45. The molecule has 0 saturated carbocycles. The maximum atomic E-state index is 12.2. The van der Waals surface area contributed by atoms with Crippen molar-refractivity contribution in [3.63, 3.8) is 0 Å². The lowest BCUT2D eigenvalue weighted by molar-refractivity contribution is -0.143. The highest BCUT2D eigenvalue weighted by atomic mass is 16.4. The van der Waals surface area contributed by atoms with E-state index in [0.29, 0.717) is 6.54 Å². The van der Waals surface area contributed by atoms with Gasteiger partial charge in [0.1, 0.15) is 0 Å². The molecule has 0 aromatic heterocycles. The third-order valence-corrected chi connectivity index (χ3v) is 3.76. The van der Waals surface area contributed by atoms with E-state index in [-0.39, 0.29) is 24.9 Å². The number of hydrogen-bond acceptors (Lipinski definition) is 3. The first-order valence-electron chi connectivity index (χ1n) is 6.70. The van der Waals surface area contributed by atoms with Crippen molar-refractivity contribution in [2.45, 2.75) is 19.4 Å². The first-order chi connectivity index (χ1) is 9.90. The third kappa shape index (κ3) is 3.21. The van der Waals surface area contributed by atoms with Crippen LogP contribution in [0.5, 0.6) is 0 Å². The topological polar surface area (TPSA) is 77.9 Å². The lowest BCUT2D eigenvalue weighted by atomic mass is 9.90. The van der Waals surface area contributed by atoms with Crippen LogP contribution in [0.4, 0.5) is 0 Å². The van der Waals surface area contributed by atoms with Crippen molar-refractivity contribution in [3.05, 3.63) is 35.4 Å². The largest absolute Gasteiger partial charge is 0.481 e. The van der Waals surface area contributed by atoms with Crippen molar-refractivity contribution in [2.24, 2.45) is 0 Å². The summed E-state index contributed by atoms with van der Waals surface area (Å²) in [5.41, 5.74) is 1.60. The molecule has 112 valence electrons. The summed E-state index contributed by atoms with van der Waals surface area (Å²) in [4.78, 5) is 37.7. The molecule has 0 bridgehead atoms. The molecule has 1 aromatic rings.